The lowest BCUT2D eigenvalue weighted by Crippen LogP contribution is -2.01. The molecular formula is C10H7N3. The van der Waals surface area contributed by atoms with E-state index in [1.165, 1.54) is 11.1 Å². The van der Waals surface area contributed by atoms with Gasteiger partial charge in [0.15, 0.2) is 0 Å². The number of fused-ring (bicyclic) bond motifs is 2. The minimum absolute atomic E-state index is 0.905. The summed E-state index contributed by atoms with van der Waals surface area (Å²) in [5.74, 6) is 0. The fraction of sp³-hybridized carbons (Fsp3) is 0.100. The number of hydrogen-bond donors (Lipinski definition) is 0. The van der Waals surface area contributed by atoms with E-state index in [-0.39, 0.29) is 0 Å². The van der Waals surface area contributed by atoms with Crippen LogP contribution in [-0.4, -0.2) is 4.98 Å². The van der Waals surface area contributed by atoms with E-state index in [4.69, 9.17) is 0 Å². The molecule has 2 heterocycles. The number of azo groups is 1. The van der Waals surface area contributed by atoms with Crippen LogP contribution in [0.1, 0.15) is 11.3 Å². The van der Waals surface area contributed by atoms with Crippen molar-refractivity contribution >= 4 is 6.08 Å². The first-order valence-electron chi connectivity index (χ1n) is 4.19. The molecule has 2 aliphatic rings. The Balaban J connectivity index is 2.21. The highest BCUT2D eigenvalue weighted by Gasteiger charge is 2.17. The minimum Gasteiger partial charge on any atom is -0.257 e. The second-order valence-electron chi connectivity index (χ2n) is 3.12. The lowest BCUT2D eigenvalue weighted by molar-refractivity contribution is 1.07. The van der Waals surface area contributed by atoms with Crippen LogP contribution in [0.3, 0.4) is 0 Å². The molecule has 1 aliphatic carbocycles. The van der Waals surface area contributed by atoms with Crippen molar-refractivity contribution in [2.75, 3.05) is 0 Å². The Morgan fingerprint density at radius 1 is 1.31 bits per heavy atom. The van der Waals surface area contributed by atoms with E-state index in [9.17, 15) is 0 Å². The minimum atomic E-state index is 0.905. The molecule has 0 amide bonds. The molecule has 1 aromatic heterocycles. The molecule has 13 heavy (non-hydrogen) atoms. The lowest BCUT2D eigenvalue weighted by Gasteiger charge is -2.11. The van der Waals surface area contributed by atoms with Crippen molar-refractivity contribution in [3.05, 3.63) is 47.1 Å². The molecule has 0 bridgehead atoms. The first-order valence-corrected chi connectivity index (χ1v) is 4.19. The Morgan fingerprint density at radius 3 is 3.31 bits per heavy atom. The molecule has 1 aromatic rings. The maximum atomic E-state index is 4.27. The Bertz CT molecular complexity index is 455. The summed E-state index contributed by atoms with van der Waals surface area (Å²) >= 11 is 0. The van der Waals surface area contributed by atoms with E-state index in [0.29, 0.717) is 0 Å². The fourth-order valence-corrected chi connectivity index (χ4v) is 1.61. The van der Waals surface area contributed by atoms with Gasteiger partial charge in [-0.25, -0.2) is 0 Å². The van der Waals surface area contributed by atoms with Gasteiger partial charge in [0.2, 0.25) is 0 Å². The zero-order valence-corrected chi connectivity index (χ0v) is 6.94. The van der Waals surface area contributed by atoms with E-state index in [1.807, 2.05) is 18.3 Å². The molecule has 0 aromatic carbocycles. The normalized spacial score (nSPS) is 17.5. The molecule has 0 unspecified atom stereocenters. The zero-order chi connectivity index (χ0) is 8.67. The van der Waals surface area contributed by atoms with Crippen molar-refractivity contribution in [3.63, 3.8) is 0 Å². The van der Waals surface area contributed by atoms with Crippen molar-refractivity contribution in [1.82, 2.24) is 4.98 Å². The van der Waals surface area contributed by atoms with Crippen LogP contribution in [-0.2, 0) is 6.42 Å². The van der Waals surface area contributed by atoms with Crippen molar-refractivity contribution < 1.29 is 0 Å². The smallest absolute Gasteiger partial charge is 0.0929 e. The number of hydrogen-bond acceptors (Lipinski definition) is 3. The number of allylic oxidation sites excluding steroid dienone is 1. The summed E-state index contributed by atoms with van der Waals surface area (Å²) in [6.07, 6.45) is 6.52. The molecule has 0 N–H and O–H groups in total. The summed E-state index contributed by atoms with van der Waals surface area (Å²) in [4.78, 5) is 4.27. The van der Waals surface area contributed by atoms with E-state index in [1.54, 1.807) is 6.20 Å². The highest BCUT2D eigenvalue weighted by Crippen LogP contribution is 2.30. The van der Waals surface area contributed by atoms with Crippen LogP contribution in [0.25, 0.3) is 6.08 Å². The molecule has 0 radical (unpaired) electrons. The van der Waals surface area contributed by atoms with E-state index >= 15 is 0 Å². The molecule has 3 nitrogen and oxygen atoms in total. The summed E-state index contributed by atoms with van der Waals surface area (Å²) in [5, 5.41) is 7.89. The lowest BCUT2D eigenvalue weighted by atomic mass is 9.96. The molecule has 0 saturated carbocycles. The highest BCUT2D eigenvalue weighted by atomic mass is 15.1. The van der Waals surface area contributed by atoms with Gasteiger partial charge in [0, 0.05) is 18.2 Å². The third-order valence-electron chi connectivity index (χ3n) is 2.29. The Morgan fingerprint density at radius 2 is 2.31 bits per heavy atom. The van der Waals surface area contributed by atoms with Crippen LogP contribution in [0.15, 0.2) is 46.0 Å². The molecule has 62 valence electrons. The van der Waals surface area contributed by atoms with Crippen LogP contribution >= 0.6 is 0 Å². The summed E-state index contributed by atoms with van der Waals surface area (Å²) in [6.45, 7) is 0. The molecule has 0 fully saturated rings. The number of nitrogens with zero attached hydrogens (tertiary/aromatic N) is 3. The molecule has 3 heteroatoms. The molecule has 0 spiro atoms. The topological polar surface area (TPSA) is 37.6 Å². The monoisotopic (exact) mass is 169 g/mol. The summed E-state index contributed by atoms with van der Waals surface area (Å²) in [6, 6.07) is 4.05. The van der Waals surface area contributed by atoms with Gasteiger partial charge in [-0.3, -0.25) is 4.98 Å². The molecule has 1 aliphatic heterocycles. The highest BCUT2D eigenvalue weighted by molar-refractivity contribution is 5.63. The van der Waals surface area contributed by atoms with Crippen LogP contribution in [0.5, 0.6) is 0 Å². The SMILES string of the molecule is C1=C2Cc3cccnc3C=C2N=N1. The van der Waals surface area contributed by atoms with Gasteiger partial charge >= 0.3 is 0 Å². The number of rotatable bonds is 0. The first kappa shape index (κ1) is 6.71. The van der Waals surface area contributed by atoms with E-state index in [2.05, 4.69) is 21.3 Å². The van der Waals surface area contributed by atoms with Gasteiger partial charge in [-0.15, -0.1) is 0 Å². The Hall–Kier alpha value is -1.77. The molecular weight excluding hydrogens is 162 g/mol. The largest absolute Gasteiger partial charge is 0.257 e. The van der Waals surface area contributed by atoms with Crippen LogP contribution in [0.4, 0.5) is 0 Å². The quantitative estimate of drug-likeness (QED) is 0.587. The third-order valence-corrected chi connectivity index (χ3v) is 2.29. The van der Waals surface area contributed by atoms with Gasteiger partial charge in [0.05, 0.1) is 17.6 Å². The summed E-state index contributed by atoms with van der Waals surface area (Å²) in [7, 11) is 0. The van der Waals surface area contributed by atoms with Crippen molar-refractivity contribution in [1.29, 1.82) is 0 Å². The van der Waals surface area contributed by atoms with Crippen molar-refractivity contribution in [3.8, 4) is 0 Å². The van der Waals surface area contributed by atoms with Crippen molar-refractivity contribution in [2.45, 2.75) is 6.42 Å². The Kier molecular flexibility index (Phi) is 1.22. The second kappa shape index (κ2) is 2.36. The predicted octanol–water partition coefficient (Wildman–Crippen LogP) is 2.33. The average Bonchev–Trinajstić information content (AvgIpc) is 2.61. The van der Waals surface area contributed by atoms with Gasteiger partial charge in [-0.2, -0.15) is 10.2 Å². The molecule has 0 saturated heterocycles. The van der Waals surface area contributed by atoms with Crippen LogP contribution < -0.4 is 0 Å². The van der Waals surface area contributed by atoms with Gasteiger partial charge in [-0.05, 0) is 17.7 Å². The maximum absolute atomic E-state index is 4.27. The standard InChI is InChI=1S/C10H7N3/c1-2-7-4-8-6-12-13-10(8)5-9(7)11-3-1/h1-3,5-6H,4H2. The van der Waals surface area contributed by atoms with Crippen LogP contribution in [0.2, 0.25) is 0 Å². The van der Waals surface area contributed by atoms with E-state index in [0.717, 1.165) is 17.8 Å². The second-order valence-corrected chi connectivity index (χ2v) is 3.12. The van der Waals surface area contributed by atoms with Gasteiger partial charge in [0.25, 0.3) is 0 Å². The first-order chi connectivity index (χ1) is 6.43. The van der Waals surface area contributed by atoms with Gasteiger partial charge in [-0.1, -0.05) is 6.07 Å². The number of aromatic nitrogens is 1. The predicted molar refractivity (Wildman–Crippen MR) is 48.9 cm³/mol. The zero-order valence-electron chi connectivity index (χ0n) is 6.94. The summed E-state index contributed by atoms with van der Waals surface area (Å²) < 4.78 is 0. The average molecular weight is 169 g/mol. The van der Waals surface area contributed by atoms with Crippen molar-refractivity contribution in [2.24, 2.45) is 10.2 Å². The molecule has 0 atom stereocenters. The summed E-state index contributed by atoms with van der Waals surface area (Å²) in [5.41, 5.74) is 4.44. The third kappa shape index (κ3) is 0.935. The van der Waals surface area contributed by atoms with Gasteiger partial charge < -0.3 is 0 Å². The number of pyridine rings is 1. The maximum Gasteiger partial charge on any atom is 0.0929 e. The van der Waals surface area contributed by atoms with Gasteiger partial charge in [0.1, 0.15) is 0 Å². The van der Waals surface area contributed by atoms with E-state index < -0.39 is 0 Å². The fourth-order valence-electron chi connectivity index (χ4n) is 1.61. The Labute approximate surface area is 75.5 Å². The van der Waals surface area contributed by atoms with Crippen LogP contribution in [0, 0.1) is 0 Å². The molecule has 3 rings (SSSR count).